The molecule has 0 unspecified atom stereocenters. The lowest BCUT2D eigenvalue weighted by atomic mass is 10.1. The van der Waals surface area contributed by atoms with Crippen LogP contribution in [0, 0.1) is 6.92 Å². The van der Waals surface area contributed by atoms with Crippen LogP contribution >= 0.6 is 0 Å². The molecule has 0 aromatic heterocycles. The van der Waals surface area contributed by atoms with Crippen molar-refractivity contribution < 1.29 is 19.0 Å². The van der Waals surface area contributed by atoms with Gasteiger partial charge in [-0.1, -0.05) is 0 Å². The zero-order valence-electron chi connectivity index (χ0n) is 12.4. The topological polar surface area (TPSA) is 48.0 Å². The molecule has 1 fully saturated rings. The molecule has 5 heteroatoms. The highest BCUT2D eigenvalue weighted by molar-refractivity contribution is 5.95. The Morgan fingerprint density at radius 1 is 1.30 bits per heavy atom. The van der Waals surface area contributed by atoms with E-state index in [1.54, 1.807) is 31.3 Å². The van der Waals surface area contributed by atoms with Crippen LogP contribution in [-0.4, -0.2) is 50.8 Å². The maximum absolute atomic E-state index is 12.6. The van der Waals surface area contributed by atoms with Gasteiger partial charge in [0.2, 0.25) is 0 Å². The Hall–Kier alpha value is -1.75. The Morgan fingerprint density at radius 2 is 1.90 bits per heavy atom. The minimum absolute atomic E-state index is 0.0169. The minimum Gasteiger partial charge on any atom is -0.496 e. The van der Waals surface area contributed by atoms with Gasteiger partial charge in [0.1, 0.15) is 11.5 Å². The molecule has 1 amide bonds. The number of morpholine rings is 1. The summed E-state index contributed by atoms with van der Waals surface area (Å²) in [5, 5.41) is 0. The molecule has 5 nitrogen and oxygen atoms in total. The molecule has 0 saturated carbocycles. The van der Waals surface area contributed by atoms with Crippen molar-refractivity contribution in [1.29, 1.82) is 0 Å². The second kappa shape index (κ2) is 6.13. The lowest BCUT2D eigenvalue weighted by Gasteiger charge is -2.31. The summed E-state index contributed by atoms with van der Waals surface area (Å²) >= 11 is 0. The second-order valence-corrected chi connectivity index (χ2v) is 4.94. The first kappa shape index (κ1) is 14.7. The van der Waals surface area contributed by atoms with Crippen LogP contribution in [0.2, 0.25) is 0 Å². The van der Waals surface area contributed by atoms with Gasteiger partial charge in [0.25, 0.3) is 5.91 Å². The Balaban J connectivity index is 2.29. The summed E-state index contributed by atoms with van der Waals surface area (Å²) in [7, 11) is 3.18. The molecule has 1 heterocycles. The maximum Gasteiger partial charge on any atom is 0.254 e. The smallest absolute Gasteiger partial charge is 0.254 e. The van der Waals surface area contributed by atoms with Crippen molar-refractivity contribution in [3.05, 3.63) is 23.3 Å². The number of methoxy groups -OCH3 is 2. The Morgan fingerprint density at radius 3 is 2.40 bits per heavy atom. The Labute approximate surface area is 119 Å². The van der Waals surface area contributed by atoms with Crippen LogP contribution in [0.15, 0.2) is 12.1 Å². The third-order valence-electron chi connectivity index (χ3n) is 3.53. The SMILES string of the molecule is COc1cc(C(=O)N2CCO[C@@H](C)C2)cc(OC)c1C. The number of benzene rings is 1. The highest BCUT2D eigenvalue weighted by atomic mass is 16.5. The summed E-state index contributed by atoms with van der Waals surface area (Å²) in [6, 6.07) is 3.53. The Kier molecular flexibility index (Phi) is 4.49. The fourth-order valence-electron chi connectivity index (χ4n) is 2.40. The van der Waals surface area contributed by atoms with E-state index in [1.807, 2.05) is 13.8 Å². The predicted molar refractivity (Wildman–Crippen MR) is 75.6 cm³/mol. The molecule has 0 radical (unpaired) electrons. The Bertz CT molecular complexity index is 476. The van der Waals surface area contributed by atoms with Gasteiger partial charge in [-0.15, -0.1) is 0 Å². The van der Waals surface area contributed by atoms with Gasteiger partial charge in [0.05, 0.1) is 26.9 Å². The van der Waals surface area contributed by atoms with E-state index >= 15 is 0 Å². The molecule has 1 aliphatic heterocycles. The monoisotopic (exact) mass is 279 g/mol. The standard InChI is InChI=1S/C15H21NO4/c1-10-9-16(5-6-20-10)15(17)12-7-13(18-3)11(2)14(8-12)19-4/h7-8,10H,5-6,9H2,1-4H3/t10-/m0/s1. The molecule has 110 valence electrons. The minimum atomic E-state index is -0.0169. The van der Waals surface area contributed by atoms with E-state index in [0.29, 0.717) is 36.8 Å². The predicted octanol–water partition coefficient (Wildman–Crippen LogP) is 1.87. The van der Waals surface area contributed by atoms with Crippen LogP contribution in [0.25, 0.3) is 0 Å². The van der Waals surface area contributed by atoms with E-state index in [9.17, 15) is 4.79 Å². The molecule has 1 aliphatic rings. The molecule has 1 aromatic rings. The lowest BCUT2D eigenvalue weighted by Crippen LogP contribution is -2.44. The third-order valence-corrected chi connectivity index (χ3v) is 3.53. The molecular formula is C15H21NO4. The van der Waals surface area contributed by atoms with Crippen LogP contribution in [0.4, 0.5) is 0 Å². The number of ether oxygens (including phenoxy) is 3. The highest BCUT2D eigenvalue weighted by Crippen LogP contribution is 2.30. The van der Waals surface area contributed by atoms with Gasteiger partial charge < -0.3 is 19.1 Å². The molecule has 0 aliphatic carbocycles. The van der Waals surface area contributed by atoms with Gasteiger partial charge in [-0.3, -0.25) is 4.79 Å². The third kappa shape index (κ3) is 2.88. The number of nitrogens with zero attached hydrogens (tertiary/aromatic N) is 1. The van der Waals surface area contributed by atoms with Crippen LogP contribution in [0.5, 0.6) is 11.5 Å². The molecule has 20 heavy (non-hydrogen) atoms. The molecular weight excluding hydrogens is 258 g/mol. The second-order valence-electron chi connectivity index (χ2n) is 4.94. The fraction of sp³-hybridized carbons (Fsp3) is 0.533. The summed E-state index contributed by atoms with van der Waals surface area (Å²) in [5.41, 5.74) is 1.47. The molecule has 1 saturated heterocycles. The first-order valence-electron chi connectivity index (χ1n) is 6.70. The number of hydrogen-bond acceptors (Lipinski definition) is 4. The van der Waals surface area contributed by atoms with Gasteiger partial charge in [-0.05, 0) is 26.0 Å². The van der Waals surface area contributed by atoms with Crippen molar-refractivity contribution in [2.75, 3.05) is 33.9 Å². The number of carbonyl (C=O) groups is 1. The molecule has 2 rings (SSSR count). The van der Waals surface area contributed by atoms with E-state index in [2.05, 4.69) is 0 Å². The van der Waals surface area contributed by atoms with E-state index in [-0.39, 0.29) is 12.0 Å². The summed E-state index contributed by atoms with van der Waals surface area (Å²) in [5.74, 6) is 1.31. The van der Waals surface area contributed by atoms with Gasteiger partial charge >= 0.3 is 0 Å². The highest BCUT2D eigenvalue weighted by Gasteiger charge is 2.24. The van der Waals surface area contributed by atoms with Crippen LogP contribution in [0.1, 0.15) is 22.8 Å². The average Bonchev–Trinajstić information content (AvgIpc) is 2.46. The van der Waals surface area contributed by atoms with Crippen molar-refractivity contribution in [3.8, 4) is 11.5 Å². The van der Waals surface area contributed by atoms with E-state index in [1.165, 1.54) is 0 Å². The van der Waals surface area contributed by atoms with Crippen molar-refractivity contribution in [1.82, 2.24) is 4.90 Å². The van der Waals surface area contributed by atoms with E-state index in [0.717, 1.165) is 5.56 Å². The summed E-state index contributed by atoms with van der Waals surface area (Å²) in [6.45, 7) is 5.67. The summed E-state index contributed by atoms with van der Waals surface area (Å²) < 4.78 is 16.1. The zero-order chi connectivity index (χ0) is 14.7. The first-order valence-corrected chi connectivity index (χ1v) is 6.70. The lowest BCUT2D eigenvalue weighted by molar-refractivity contribution is -0.0124. The van der Waals surface area contributed by atoms with Crippen LogP contribution in [-0.2, 0) is 4.74 Å². The van der Waals surface area contributed by atoms with Gasteiger partial charge in [0, 0.05) is 24.2 Å². The molecule has 1 atom stereocenters. The van der Waals surface area contributed by atoms with Crippen LogP contribution < -0.4 is 9.47 Å². The fourth-order valence-corrected chi connectivity index (χ4v) is 2.40. The van der Waals surface area contributed by atoms with Gasteiger partial charge in [0.15, 0.2) is 0 Å². The van der Waals surface area contributed by atoms with Crippen molar-refractivity contribution in [2.24, 2.45) is 0 Å². The number of carbonyl (C=O) groups excluding carboxylic acids is 1. The zero-order valence-corrected chi connectivity index (χ0v) is 12.4. The summed E-state index contributed by atoms with van der Waals surface area (Å²) in [4.78, 5) is 14.4. The maximum atomic E-state index is 12.6. The molecule has 0 N–H and O–H groups in total. The van der Waals surface area contributed by atoms with E-state index < -0.39 is 0 Å². The first-order chi connectivity index (χ1) is 9.56. The van der Waals surface area contributed by atoms with Crippen molar-refractivity contribution >= 4 is 5.91 Å². The van der Waals surface area contributed by atoms with Crippen molar-refractivity contribution in [3.63, 3.8) is 0 Å². The number of amides is 1. The molecule has 0 spiro atoms. The summed E-state index contributed by atoms with van der Waals surface area (Å²) in [6.07, 6.45) is 0.0712. The normalized spacial score (nSPS) is 18.8. The average molecular weight is 279 g/mol. The number of hydrogen-bond donors (Lipinski definition) is 0. The van der Waals surface area contributed by atoms with Gasteiger partial charge in [-0.25, -0.2) is 0 Å². The largest absolute Gasteiger partial charge is 0.496 e. The van der Waals surface area contributed by atoms with Crippen LogP contribution in [0.3, 0.4) is 0 Å². The molecule has 0 bridgehead atoms. The number of rotatable bonds is 3. The molecule has 1 aromatic carbocycles. The van der Waals surface area contributed by atoms with Gasteiger partial charge in [-0.2, -0.15) is 0 Å². The van der Waals surface area contributed by atoms with Crippen molar-refractivity contribution in [2.45, 2.75) is 20.0 Å². The van der Waals surface area contributed by atoms with E-state index in [4.69, 9.17) is 14.2 Å². The quantitative estimate of drug-likeness (QED) is 0.847.